The quantitative estimate of drug-likeness (QED) is 0.623. The first kappa shape index (κ1) is 13.9. The molecule has 114 valence electrons. The van der Waals surface area contributed by atoms with Crippen molar-refractivity contribution in [3.05, 3.63) is 54.9 Å². The highest BCUT2D eigenvalue weighted by atomic mass is 32.1. The van der Waals surface area contributed by atoms with Crippen LogP contribution >= 0.6 is 11.3 Å². The lowest BCUT2D eigenvalue weighted by molar-refractivity contribution is -0.119. The third-order valence-electron chi connectivity index (χ3n) is 3.81. The van der Waals surface area contributed by atoms with E-state index in [4.69, 9.17) is 0 Å². The maximum Gasteiger partial charge on any atom is 0.250 e. The van der Waals surface area contributed by atoms with Gasteiger partial charge in [0.2, 0.25) is 0 Å². The summed E-state index contributed by atoms with van der Waals surface area (Å²) in [4.78, 5) is 16.9. The van der Waals surface area contributed by atoms with Crippen LogP contribution in [0.2, 0.25) is 0 Å². The highest BCUT2D eigenvalue weighted by Gasteiger charge is 2.17. The molecule has 0 spiro atoms. The number of amides is 1. The molecule has 0 bridgehead atoms. The van der Waals surface area contributed by atoms with Gasteiger partial charge in [0.15, 0.2) is 5.13 Å². The topological polar surface area (TPSA) is 59.8 Å². The molecule has 0 fully saturated rings. The van der Waals surface area contributed by atoms with Gasteiger partial charge in [0.05, 0.1) is 10.2 Å². The molecular formula is C17H14N4OS. The average Bonchev–Trinajstić information content (AvgIpc) is 3.23. The Bertz CT molecular complexity index is 990. The average molecular weight is 322 g/mol. The summed E-state index contributed by atoms with van der Waals surface area (Å²) in [6, 6.07) is 13.7. The molecule has 1 atom stereocenters. The van der Waals surface area contributed by atoms with Crippen molar-refractivity contribution in [2.24, 2.45) is 0 Å². The van der Waals surface area contributed by atoms with E-state index in [1.54, 1.807) is 23.1 Å². The Hall–Kier alpha value is -2.73. The molecule has 2 heterocycles. The van der Waals surface area contributed by atoms with Crippen LogP contribution in [0.25, 0.3) is 21.0 Å². The maximum atomic E-state index is 12.3. The maximum absolute atomic E-state index is 12.3. The number of rotatable bonds is 3. The van der Waals surface area contributed by atoms with Gasteiger partial charge < -0.3 is 5.32 Å². The second kappa shape index (κ2) is 5.48. The minimum Gasteiger partial charge on any atom is -0.300 e. The van der Waals surface area contributed by atoms with Gasteiger partial charge in [0.1, 0.15) is 6.04 Å². The Labute approximate surface area is 136 Å². The van der Waals surface area contributed by atoms with E-state index in [1.807, 2.05) is 25.1 Å². The number of benzene rings is 2. The van der Waals surface area contributed by atoms with Gasteiger partial charge in [-0.2, -0.15) is 5.10 Å². The Morgan fingerprint density at radius 3 is 2.91 bits per heavy atom. The molecule has 0 unspecified atom stereocenters. The number of fused-ring (bicyclic) bond motifs is 3. The van der Waals surface area contributed by atoms with Crippen molar-refractivity contribution < 1.29 is 4.79 Å². The van der Waals surface area contributed by atoms with Crippen LogP contribution in [-0.4, -0.2) is 20.7 Å². The smallest absolute Gasteiger partial charge is 0.250 e. The molecule has 0 aliphatic heterocycles. The van der Waals surface area contributed by atoms with Crippen molar-refractivity contribution >= 4 is 43.4 Å². The molecule has 0 aliphatic carbocycles. The van der Waals surface area contributed by atoms with E-state index >= 15 is 0 Å². The minimum absolute atomic E-state index is 0.128. The number of aromatic nitrogens is 3. The van der Waals surface area contributed by atoms with Gasteiger partial charge in [-0.1, -0.05) is 41.7 Å². The van der Waals surface area contributed by atoms with Crippen LogP contribution in [-0.2, 0) is 4.79 Å². The summed E-state index contributed by atoms with van der Waals surface area (Å²) in [5, 5.41) is 9.85. The van der Waals surface area contributed by atoms with E-state index in [0.717, 1.165) is 21.0 Å². The fourth-order valence-electron chi connectivity index (χ4n) is 2.55. The molecule has 2 aromatic carbocycles. The number of carbonyl (C=O) groups excluding carboxylic acids is 1. The zero-order valence-corrected chi connectivity index (χ0v) is 13.2. The van der Waals surface area contributed by atoms with Crippen LogP contribution in [0, 0.1) is 0 Å². The summed E-state index contributed by atoms with van der Waals surface area (Å²) < 4.78 is 2.68. The van der Waals surface area contributed by atoms with Crippen molar-refractivity contribution in [3.63, 3.8) is 0 Å². The normalized spacial score (nSPS) is 12.6. The predicted molar refractivity (Wildman–Crippen MR) is 92.7 cm³/mol. The zero-order chi connectivity index (χ0) is 15.8. The molecule has 1 N–H and O–H groups in total. The molecule has 0 radical (unpaired) electrons. The zero-order valence-electron chi connectivity index (χ0n) is 12.4. The molecule has 23 heavy (non-hydrogen) atoms. The minimum atomic E-state index is -0.381. The summed E-state index contributed by atoms with van der Waals surface area (Å²) in [6.07, 6.45) is 3.43. The molecule has 0 saturated heterocycles. The van der Waals surface area contributed by atoms with Gasteiger partial charge in [-0.15, -0.1) is 0 Å². The van der Waals surface area contributed by atoms with Gasteiger partial charge in [-0.25, -0.2) is 4.98 Å². The van der Waals surface area contributed by atoms with E-state index in [2.05, 4.69) is 33.6 Å². The van der Waals surface area contributed by atoms with Crippen LogP contribution in [0.4, 0.5) is 5.13 Å². The predicted octanol–water partition coefficient (Wildman–Crippen LogP) is 3.85. The first-order valence-corrected chi connectivity index (χ1v) is 8.12. The molecular weight excluding hydrogens is 308 g/mol. The van der Waals surface area contributed by atoms with Gasteiger partial charge >= 0.3 is 0 Å². The number of anilines is 1. The molecule has 0 saturated carbocycles. The highest BCUT2D eigenvalue weighted by molar-refractivity contribution is 7.22. The molecule has 4 rings (SSSR count). The number of thiazole rings is 1. The number of hydrogen-bond donors (Lipinski definition) is 1. The lowest BCUT2D eigenvalue weighted by Gasteiger charge is -2.10. The number of nitrogens with zero attached hydrogens (tertiary/aromatic N) is 3. The molecule has 1 amide bonds. The summed E-state index contributed by atoms with van der Waals surface area (Å²) in [6.45, 7) is 1.81. The Morgan fingerprint density at radius 2 is 2.09 bits per heavy atom. The van der Waals surface area contributed by atoms with Crippen LogP contribution in [0.1, 0.15) is 13.0 Å². The highest BCUT2D eigenvalue weighted by Crippen LogP contribution is 2.31. The fraction of sp³-hybridized carbons (Fsp3) is 0.118. The van der Waals surface area contributed by atoms with E-state index in [9.17, 15) is 4.79 Å². The molecule has 2 aromatic heterocycles. The van der Waals surface area contributed by atoms with E-state index in [1.165, 1.54) is 11.3 Å². The second-order valence-corrected chi connectivity index (χ2v) is 6.33. The summed E-state index contributed by atoms with van der Waals surface area (Å²) in [5.41, 5.74) is 0.926. The molecule has 6 heteroatoms. The van der Waals surface area contributed by atoms with Gasteiger partial charge in [0.25, 0.3) is 5.91 Å². The second-order valence-electron chi connectivity index (χ2n) is 5.30. The first-order chi connectivity index (χ1) is 11.2. The first-order valence-electron chi connectivity index (χ1n) is 7.30. The monoisotopic (exact) mass is 322 g/mol. The third-order valence-corrected chi connectivity index (χ3v) is 4.75. The Balaban J connectivity index is 1.67. The van der Waals surface area contributed by atoms with E-state index in [0.29, 0.717) is 5.13 Å². The summed E-state index contributed by atoms with van der Waals surface area (Å²) >= 11 is 1.48. The van der Waals surface area contributed by atoms with Crippen LogP contribution in [0.3, 0.4) is 0 Å². The Kier molecular flexibility index (Phi) is 3.31. The molecule has 5 nitrogen and oxygen atoms in total. The third kappa shape index (κ3) is 2.47. The van der Waals surface area contributed by atoms with Crippen molar-refractivity contribution in [1.29, 1.82) is 0 Å². The van der Waals surface area contributed by atoms with Crippen molar-refractivity contribution in [2.75, 3.05) is 5.32 Å². The lowest BCUT2D eigenvalue weighted by Crippen LogP contribution is -2.23. The van der Waals surface area contributed by atoms with Crippen LogP contribution in [0.15, 0.2) is 54.9 Å². The van der Waals surface area contributed by atoms with E-state index in [-0.39, 0.29) is 11.9 Å². The summed E-state index contributed by atoms with van der Waals surface area (Å²) in [7, 11) is 0. The fourth-order valence-corrected chi connectivity index (χ4v) is 3.44. The molecule has 0 aliphatic rings. The standard InChI is InChI=1S/C17H14N4OS/c1-11(21-10-4-9-18-21)16(22)20-17-19-15-13-6-3-2-5-12(13)7-8-14(15)23-17/h2-11H,1H3,(H,19,20,22)/t11-/m1/s1. The van der Waals surface area contributed by atoms with Crippen molar-refractivity contribution in [1.82, 2.24) is 14.8 Å². The van der Waals surface area contributed by atoms with Crippen LogP contribution in [0.5, 0.6) is 0 Å². The number of nitrogens with one attached hydrogen (secondary N) is 1. The largest absolute Gasteiger partial charge is 0.300 e. The molecule has 4 aromatic rings. The Morgan fingerprint density at radius 1 is 1.22 bits per heavy atom. The van der Waals surface area contributed by atoms with E-state index < -0.39 is 0 Å². The van der Waals surface area contributed by atoms with Crippen LogP contribution < -0.4 is 5.32 Å². The van der Waals surface area contributed by atoms with Gasteiger partial charge in [-0.05, 0) is 24.4 Å². The summed E-state index contributed by atoms with van der Waals surface area (Å²) in [5.74, 6) is -0.128. The van der Waals surface area contributed by atoms with Crippen molar-refractivity contribution in [2.45, 2.75) is 13.0 Å². The SMILES string of the molecule is C[C@H](C(=O)Nc1nc2c(ccc3ccccc32)s1)n1cccn1. The van der Waals surface area contributed by atoms with Crippen molar-refractivity contribution in [3.8, 4) is 0 Å². The van der Waals surface area contributed by atoms with Gasteiger partial charge in [-0.3, -0.25) is 9.48 Å². The van der Waals surface area contributed by atoms with Gasteiger partial charge in [0, 0.05) is 17.8 Å². The number of hydrogen-bond acceptors (Lipinski definition) is 4. The number of carbonyl (C=O) groups is 1. The lowest BCUT2D eigenvalue weighted by atomic mass is 10.1.